The smallest absolute Gasteiger partial charge is 0.416 e. The number of benzene rings is 2. The van der Waals surface area contributed by atoms with Gasteiger partial charge >= 0.3 is 6.18 Å². The summed E-state index contributed by atoms with van der Waals surface area (Å²) in [5.41, 5.74) is -0.00627. The molecule has 0 radical (unpaired) electrons. The van der Waals surface area contributed by atoms with E-state index in [0.29, 0.717) is 5.56 Å². The molecular weight excluding hydrogens is 400 g/mol. The fourth-order valence-corrected chi connectivity index (χ4v) is 2.95. The number of halogens is 4. The zero-order valence-corrected chi connectivity index (χ0v) is 16.2. The zero-order chi connectivity index (χ0) is 21.9. The molecule has 0 fully saturated rings. The molecule has 1 N–H and O–H groups in total. The first kappa shape index (κ1) is 21.3. The van der Waals surface area contributed by atoms with Gasteiger partial charge in [0.15, 0.2) is 0 Å². The van der Waals surface area contributed by atoms with Crippen LogP contribution in [0.25, 0.3) is 11.5 Å². The lowest BCUT2D eigenvalue weighted by molar-refractivity contribution is -0.137. The van der Waals surface area contributed by atoms with Gasteiger partial charge in [-0.25, -0.2) is 4.39 Å². The molecule has 9 heteroatoms. The molecule has 5 nitrogen and oxygen atoms in total. The predicted molar refractivity (Wildman–Crippen MR) is 103 cm³/mol. The number of likely N-dealkylation sites (N-methyl/N-ethyl adjacent to an activating group) is 1. The molecule has 0 aliphatic rings. The minimum atomic E-state index is -4.41. The van der Waals surface area contributed by atoms with Gasteiger partial charge in [0.1, 0.15) is 11.9 Å². The Balaban J connectivity index is 1.82. The van der Waals surface area contributed by atoms with Crippen molar-refractivity contribution in [2.45, 2.75) is 12.2 Å². The van der Waals surface area contributed by atoms with Crippen molar-refractivity contribution >= 4 is 5.88 Å². The lowest BCUT2D eigenvalue weighted by atomic mass is 10.0. The summed E-state index contributed by atoms with van der Waals surface area (Å²) in [5, 5.41) is 12.3. The third-order valence-corrected chi connectivity index (χ3v) is 4.54. The Bertz CT molecular complexity index is 1050. The number of anilines is 1. The number of nitrogens with zero attached hydrogens (tertiary/aromatic N) is 3. The first-order chi connectivity index (χ1) is 14.2. The van der Waals surface area contributed by atoms with Gasteiger partial charge in [-0.05, 0) is 43.9 Å². The first-order valence-electron chi connectivity index (χ1n) is 8.94. The van der Waals surface area contributed by atoms with Gasteiger partial charge < -0.3 is 14.6 Å². The highest BCUT2D eigenvalue weighted by Gasteiger charge is 2.30. The minimum absolute atomic E-state index is 0.0388. The van der Waals surface area contributed by atoms with E-state index in [0.717, 1.165) is 12.1 Å². The van der Waals surface area contributed by atoms with Crippen LogP contribution in [0.1, 0.15) is 22.9 Å². The summed E-state index contributed by atoms with van der Waals surface area (Å²) < 4.78 is 57.9. The van der Waals surface area contributed by atoms with Crippen LogP contribution in [0.15, 0.2) is 52.9 Å². The minimum Gasteiger partial charge on any atom is -0.419 e. The molecule has 30 heavy (non-hydrogen) atoms. The second-order valence-electron chi connectivity index (χ2n) is 6.77. The molecular formula is C21H18F4N4O. The number of hydrogen-bond donors (Lipinski definition) is 1. The van der Waals surface area contributed by atoms with E-state index in [1.165, 1.54) is 30.3 Å². The van der Waals surface area contributed by atoms with Crippen LogP contribution in [0.4, 0.5) is 23.4 Å². The number of aromatic nitrogens is 1. The SMILES string of the molecule is CN(C)[C@H](CNc1oc(-c2ccccc2F)nc1C#N)c1ccc(C(F)(F)F)cc1. The summed E-state index contributed by atoms with van der Waals surface area (Å²) in [7, 11) is 3.56. The Morgan fingerprint density at radius 3 is 2.37 bits per heavy atom. The Labute approximate surface area is 170 Å². The number of oxazole rings is 1. The third kappa shape index (κ3) is 4.60. The molecule has 1 atom stereocenters. The fraction of sp³-hybridized carbons (Fsp3) is 0.238. The summed E-state index contributed by atoms with van der Waals surface area (Å²) in [6.07, 6.45) is -4.41. The van der Waals surface area contributed by atoms with Gasteiger partial charge in [0.2, 0.25) is 17.5 Å². The molecule has 1 heterocycles. The van der Waals surface area contributed by atoms with Crippen molar-refractivity contribution in [3.8, 4) is 17.5 Å². The fourth-order valence-electron chi connectivity index (χ4n) is 2.95. The molecule has 0 bridgehead atoms. The van der Waals surface area contributed by atoms with Crippen molar-refractivity contribution in [1.82, 2.24) is 9.88 Å². The number of rotatable bonds is 6. The molecule has 0 saturated heterocycles. The first-order valence-corrected chi connectivity index (χ1v) is 8.94. The van der Waals surface area contributed by atoms with E-state index in [-0.39, 0.29) is 35.6 Å². The molecule has 0 amide bonds. The molecule has 0 spiro atoms. The van der Waals surface area contributed by atoms with Crippen LogP contribution in [0.5, 0.6) is 0 Å². The monoisotopic (exact) mass is 418 g/mol. The van der Waals surface area contributed by atoms with Gasteiger partial charge in [-0.15, -0.1) is 0 Å². The molecule has 156 valence electrons. The highest BCUT2D eigenvalue weighted by atomic mass is 19.4. The number of alkyl halides is 3. The molecule has 3 rings (SSSR count). The predicted octanol–water partition coefficient (Wildman–Crippen LogP) is 5.09. The Morgan fingerprint density at radius 1 is 1.13 bits per heavy atom. The summed E-state index contributed by atoms with van der Waals surface area (Å²) in [6.45, 7) is 0.221. The second-order valence-corrected chi connectivity index (χ2v) is 6.77. The van der Waals surface area contributed by atoms with Gasteiger partial charge in [0, 0.05) is 6.54 Å². The van der Waals surface area contributed by atoms with Gasteiger partial charge in [0.05, 0.1) is 17.2 Å². The van der Waals surface area contributed by atoms with Gasteiger partial charge in [0.25, 0.3) is 0 Å². The van der Waals surface area contributed by atoms with Gasteiger partial charge in [-0.1, -0.05) is 24.3 Å². The van der Waals surface area contributed by atoms with Gasteiger partial charge in [-0.3, -0.25) is 0 Å². The summed E-state index contributed by atoms with van der Waals surface area (Å²) in [4.78, 5) is 5.84. The van der Waals surface area contributed by atoms with Crippen LogP contribution >= 0.6 is 0 Å². The Morgan fingerprint density at radius 2 is 1.80 bits per heavy atom. The maximum absolute atomic E-state index is 14.0. The van der Waals surface area contributed by atoms with E-state index < -0.39 is 17.6 Å². The van der Waals surface area contributed by atoms with E-state index in [1.54, 1.807) is 20.2 Å². The number of nitriles is 1. The van der Waals surface area contributed by atoms with Crippen molar-refractivity contribution < 1.29 is 22.0 Å². The van der Waals surface area contributed by atoms with Crippen molar-refractivity contribution in [2.75, 3.05) is 26.0 Å². The Kier molecular flexibility index (Phi) is 6.08. The second kappa shape index (κ2) is 8.55. The lowest BCUT2D eigenvalue weighted by Gasteiger charge is -2.25. The molecule has 0 aliphatic carbocycles. The van der Waals surface area contributed by atoms with E-state index in [1.807, 2.05) is 11.0 Å². The van der Waals surface area contributed by atoms with E-state index in [2.05, 4.69) is 10.3 Å². The summed E-state index contributed by atoms with van der Waals surface area (Å²) in [5.74, 6) is -0.511. The van der Waals surface area contributed by atoms with E-state index >= 15 is 0 Å². The zero-order valence-electron chi connectivity index (χ0n) is 16.2. The molecule has 0 unspecified atom stereocenters. The third-order valence-electron chi connectivity index (χ3n) is 4.54. The van der Waals surface area contributed by atoms with Crippen LogP contribution in [-0.2, 0) is 6.18 Å². The molecule has 2 aromatic carbocycles. The normalized spacial score (nSPS) is 12.6. The quantitative estimate of drug-likeness (QED) is 0.565. The van der Waals surface area contributed by atoms with Crippen LogP contribution < -0.4 is 5.32 Å². The van der Waals surface area contributed by atoms with Crippen molar-refractivity contribution in [3.63, 3.8) is 0 Å². The maximum Gasteiger partial charge on any atom is 0.416 e. The number of nitrogens with one attached hydrogen (secondary N) is 1. The van der Waals surface area contributed by atoms with E-state index in [4.69, 9.17) is 4.42 Å². The molecule has 1 aromatic heterocycles. The standard InChI is InChI=1S/C21H18F4N4O/c1-29(2)18(13-7-9-14(10-8-13)21(23,24)25)12-27-20-17(11-26)28-19(30-20)15-5-3-4-6-16(15)22/h3-10,18,27H,12H2,1-2H3/t18-/m1/s1. The van der Waals surface area contributed by atoms with Gasteiger partial charge in [-0.2, -0.15) is 23.4 Å². The number of hydrogen-bond acceptors (Lipinski definition) is 5. The topological polar surface area (TPSA) is 65.1 Å². The Hall–Kier alpha value is -3.38. The van der Waals surface area contributed by atoms with Crippen molar-refractivity contribution in [1.29, 1.82) is 5.26 Å². The lowest BCUT2D eigenvalue weighted by Crippen LogP contribution is -2.27. The average Bonchev–Trinajstić information content (AvgIpc) is 3.11. The van der Waals surface area contributed by atoms with Crippen molar-refractivity contribution in [3.05, 3.63) is 71.2 Å². The summed E-state index contributed by atoms with van der Waals surface area (Å²) >= 11 is 0. The van der Waals surface area contributed by atoms with Crippen molar-refractivity contribution in [2.24, 2.45) is 0 Å². The van der Waals surface area contributed by atoms with Crippen LogP contribution in [-0.4, -0.2) is 30.5 Å². The van der Waals surface area contributed by atoms with E-state index in [9.17, 15) is 22.8 Å². The average molecular weight is 418 g/mol. The largest absolute Gasteiger partial charge is 0.419 e. The molecule has 3 aromatic rings. The van der Waals surface area contributed by atoms with Crippen LogP contribution in [0.3, 0.4) is 0 Å². The molecule has 0 aliphatic heterocycles. The van der Waals surface area contributed by atoms with Crippen LogP contribution in [0.2, 0.25) is 0 Å². The summed E-state index contributed by atoms with van der Waals surface area (Å²) in [6, 6.07) is 12.3. The maximum atomic E-state index is 14.0. The van der Waals surface area contributed by atoms with Crippen LogP contribution in [0, 0.1) is 17.1 Å². The molecule has 0 saturated carbocycles. The highest BCUT2D eigenvalue weighted by molar-refractivity contribution is 5.59. The highest BCUT2D eigenvalue weighted by Crippen LogP contribution is 2.31.